The molecule has 0 aromatic heterocycles. The third-order valence-corrected chi connectivity index (χ3v) is 5.52. The Morgan fingerprint density at radius 1 is 0.886 bits per heavy atom. The first kappa shape index (κ1) is 25.9. The van der Waals surface area contributed by atoms with E-state index in [9.17, 15) is 23.1 Å². The van der Waals surface area contributed by atoms with E-state index < -0.39 is 23.8 Å². The molecule has 0 aliphatic carbocycles. The van der Waals surface area contributed by atoms with Gasteiger partial charge in [0.1, 0.15) is 5.75 Å². The highest BCUT2D eigenvalue weighted by Gasteiger charge is 2.30. The van der Waals surface area contributed by atoms with E-state index in [1.807, 2.05) is 0 Å². The molecule has 0 radical (unpaired) electrons. The van der Waals surface area contributed by atoms with Gasteiger partial charge in [-0.1, -0.05) is 30.3 Å². The van der Waals surface area contributed by atoms with Crippen molar-refractivity contribution in [1.29, 1.82) is 0 Å². The van der Waals surface area contributed by atoms with Gasteiger partial charge in [0.25, 0.3) is 5.91 Å². The number of ether oxygens (including phenoxy) is 3. The molecular formula is C26H26F3NO5. The van der Waals surface area contributed by atoms with E-state index in [0.717, 1.165) is 12.1 Å². The lowest BCUT2D eigenvalue weighted by Crippen LogP contribution is -2.37. The van der Waals surface area contributed by atoms with Crippen LogP contribution in [0.5, 0.6) is 17.2 Å². The number of nitrogens with zero attached hydrogens (tertiary/aromatic N) is 1. The zero-order chi connectivity index (χ0) is 25.6. The predicted molar refractivity (Wildman–Crippen MR) is 125 cm³/mol. The highest BCUT2D eigenvalue weighted by molar-refractivity contribution is 5.97. The molecule has 6 nitrogen and oxygen atoms in total. The number of rotatable bonds is 9. The molecule has 1 amide bonds. The number of hydrogen-bond acceptors (Lipinski definition) is 5. The van der Waals surface area contributed by atoms with Crippen molar-refractivity contribution in [3.63, 3.8) is 0 Å². The Morgan fingerprint density at radius 3 is 2.11 bits per heavy atom. The van der Waals surface area contributed by atoms with E-state index in [1.165, 1.54) is 38.4 Å². The molecule has 0 fully saturated rings. The number of anilines is 1. The van der Waals surface area contributed by atoms with Crippen molar-refractivity contribution in [2.45, 2.75) is 18.7 Å². The second kappa shape index (κ2) is 11.1. The number of carbonyl (C=O) groups is 1. The van der Waals surface area contributed by atoms with Crippen LogP contribution in [0.4, 0.5) is 18.9 Å². The summed E-state index contributed by atoms with van der Waals surface area (Å²) in [6.07, 6.45) is -5.72. The molecule has 3 aromatic rings. The maximum Gasteiger partial charge on any atom is 0.416 e. The van der Waals surface area contributed by atoms with E-state index >= 15 is 0 Å². The molecular weight excluding hydrogens is 463 g/mol. The first-order valence-electron chi connectivity index (χ1n) is 10.7. The molecule has 0 spiro atoms. The van der Waals surface area contributed by atoms with Crippen LogP contribution in [0.2, 0.25) is 0 Å². The summed E-state index contributed by atoms with van der Waals surface area (Å²) in [5.41, 5.74) is 0.567. The lowest BCUT2D eigenvalue weighted by molar-refractivity contribution is -0.137. The summed E-state index contributed by atoms with van der Waals surface area (Å²) >= 11 is 0. The third kappa shape index (κ3) is 6.05. The fourth-order valence-corrected chi connectivity index (χ4v) is 3.63. The largest absolute Gasteiger partial charge is 0.496 e. The van der Waals surface area contributed by atoms with Crippen LogP contribution in [-0.4, -0.2) is 38.9 Å². The number of aliphatic hydroxyl groups excluding tert-OH is 1. The molecule has 0 bridgehead atoms. The maximum absolute atomic E-state index is 13.5. The van der Waals surface area contributed by atoms with Crippen molar-refractivity contribution in [3.8, 4) is 17.2 Å². The minimum Gasteiger partial charge on any atom is -0.496 e. The van der Waals surface area contributed by atoms with Gasteiger partial charge in [0.15, 0.2) is 17.6 Å². The van der Waals surface area contributed by atoms with Gasteiger partial charge in [-0.3, -0.25) is 4.79 Å². The molecule has 35 heavy (non-hydrogen) atoms. The molecule has 0 saturated carbocycles. The summed E-state index contributed by atoms with van der Waals surface area (Å²) < 4.78 is 54.6. The van der Waals surface area contributed by atoms with Crippen LogP contribution in [0.25, 0.3) is 0 Å². The molecule has 9 heteroatoms. The number of para-hydroxylation sites is 1. The SMILES string of the molecule is COc1ccc(N(CCc2ccc(C(F)(F)F)cc2)C(=O)C(O)c2ccccc2OC)cc1OC. The van der Waals surface area contributed by atoms with Gasteiger partial charge in [0.05, 0.1) is 26.9 Å². The van der Waals surface area contributed by atoms with Gasteiger partial charge in [0.2, 0.25) is 0 Å². The van der Waals surface area contributed by atoms with E-state index in [-0.39, 0.29) is 13.0 Å². The van der Waals surface area contributed by atoms with E-state index in [4.69, 9.17) is 14.2 Å². The number of carbonyl (C=O) groups excluding carboxylic acids is 1. The lowest BCUT2D eigenvalue weighted by Gasteiger charge is -2.27. The quantitative estimate of drug-likeness (QED) is 0.456. The average molecular weight is 489 g/mol. The molecule has 0 saturated heterocycles. The van der Waals surface area contributed by atoms with Gasteiger partial charge < -0.3 is 24.2 Å². The Kier molecular flexibility index (Phi) is 8.24. The van der Waals surface area contributed by atoms with Gasteiger partial charge in [-0.2, -0.15) is 13.2 Å². The summed E-state index contributed by atoms with van der Waals surface area (Å²) in [5, 5.41) is 10.9. The van der Waals surface area contributed by atoms with Crippen LogP contribution < -0.4 is 19.1 Å². The second-order valence-corrected chi connectivity index (χ2v) is 7.62. The molecule has 3 aromatic carbocycles. The van der Waals surface area contributed by atoms with E-state index in [1.54, 1.807) is 42.5 Å². The average Bonchev–Trinajstić information content (AvgIpc) is 2.87. The summed E-state index contributed by atoms with van der Waals surface area (Å²) in [5.74, 6) is 0.553. The minimum atomic E-state index is -4.43. The molecule has 1 atom stereocenters. The first-order valence-corrected chi connectivity index (χ1v) is 10.7. The fraction of sp³-hybridized carbons (Fsp3) is 0.269. The van der Waals surface area contributed by atoms with E-state index in [0.29, 0.717) is 34.1 Å². The molecule has 1 N–H and O–H groups in total. The van der Waals surface area contributed by atoms with Crippen LogP contribution in [0.3, 0.4) is 0 Å². The summed E-state index contributed by atoms with van der Waals surface area (Å²) in [7, 11) is 4.38. The third-order valence-electron chi connectivity index (χ3n) is 5.52. The van der Waals surface area contributed by atoms with Crippen LogP contribution >= 0.6 is 0 Å². The summed E-state index contributed by atoms with van der Waals surface area (Å²) in [6.45, 7) is 0.0892. The molecule has 0 aliphatic rings. The molecule has 186 valence electrons. The Balaban J connectivity index is 1.93. The number of halogens is 3. The van der Waals surface area contributed by atoms with Crippen molar-refractivity contribution >= 4 is 11.6 Å². The number of benzene rings is 3. The Labute approximate surface area is 201 Å². The summed E-state index contributed by atoms with van der Waals surface area (Å²) in [4.78, 5) is 14.8. The number of aliphatic hydroxyl groups is 1. The summed E-state index contributed by atoms with van der Waals surface area (Å²) in [6, 6.07) is 16.2. The van der Waals surface area contributed by atoms with Crippen LogP contribution in [0, 0.1) is 0 Å². The van der Waals surface area contributed by atoms with Gasteiger partial charge >= 0.3 is 6.18 Å². The molecule has 3 rings (SSSR count). The highest BCUT2D eigenvalue weighted by Crippen LogP contribution is 2.34. The molecule has 0 heterocycles. The van der Waals surface area contributed by atoms with Crippen molar-refractivity contribution in [1.82, 2.24) is 0 Å². The minimum absolute atomic E-state index is 0.0892. The zero-order valence-electron chi connectivity index (χ0n) is 19.5. The zero-order valence-corrected chi connectivity index (χ0v) is 19.5. The number of methoxy groups -OCH3 is 3. The van der Waals surface area contributed by atoms with E-state index in [2.05, 4.69) is 0 Å². The fourth-order valence-electron chi connectivity index (χ4n) is 3.63. The van der Waals surface area contributed by atoms with Crippen molar-refractivity contribution in [2.24, 2.45) is 0 Å². The maximum atomic E-state index is 13.5. The van der Waals surface area contributed by atoms with Crippen LogP contribution in [0.15, 0.2) is 66.7 Å². The predicted octanol–water partition coefficient (Wildman–Crippen LogP) is 5.04. The molecule has 1 unspecified atom stereocenters. The van der Waals surface area contributed by atoms with Gasteiger partial charge in [-0.25, -0.2) is 0 Å². The second-order valence-electron chi connectivity index (χ2n) is 7.62. The highest BCUT2D eigenvalue weighted by atomic mass is 19.4. The monoisotopic (exact) mass is 489 g/mol. The van der Waals surface area contributed by atoms with Gasteiger partial charge in [-0.05, 0) is 42.3 Å². The van der Waals surface area contributed by atoms with Crippen LogP contribution in [-0.2, 0) is 17.4 Å². The lowest BCUT2D eigenvalue weighted by atomic mass is 10.0. The van der Waals surface area contributed by atoms with Gasteiger partial charge in [-0.15, -0.1) is 0 Å². The number of amides is 1. The molecule has 0 aliphatic heterocycles. The van der Waals surface area contributed by atoms with Crippen molar-refractivity contribution in [2.75, 3.05) is 32.8 Å². The Bertz CT molecular complexity index is 1150. The first-order chi connectivity index (χ1) is 16.7. The van der Waals surface area contributed by atoms with Gasteiger partial charge in [0, 0.05) is 23.9 Å². The standard InChI is InChI=1S/C26H26F3NO5/c1-33-21-7-5-4-6-20(21)24(31)25(32)30(19-12-13-22(34-2)23(16-19)35-3)15-14-17-8-10-18(11-9-17)26(27,28)29/h4-13,16,24,31H,14-15H2,1-3H3. The van der Waals surface area contributed by atoms with Crippen molar-refractivity contribution < 1.29 is 37.3 Å². The van der Waals surface area contributed by atoms with Crippen LogP contribution in [0.1, 0.15) is 22.8 Å². The topological polar surface area (TPSA) is 68.2 Å². The Morgan fingerprint density at radius 2 is 1.51 bits per heavy atom. The Hall–Kier alpha value is -3.72. The smallest absolute Gasteiger partial charge is 0.416 e. The van der Waals surface area contributed by atoms with Crippen molar-refractivity contribution in [3.05, 3.63) is 83.4 Å². The number of alkyl halides is 3. The normalized spacial score (nSPS) is 12.1. The number of hydrogen-bond donors (Lipinski definition) is 1.